The first-order valence-corrected chi connectivity index (χ1v) is 9.46. The van der Waals surface area contributed by atoms with Gasteiger partial charge in [-0.25, -0.2) is 4.79 Å². The molecule has 25 heavy (non-hydrogen) atoms. The molecule has 1 saturated carbocycles. The Morgan fingerprint density at radius 2 is 2.20 bits per heavy atom. The number of ether oxygens (including phenoxy) is 2. The highest BCUT2D eigenvalue weighted by Crippen LogP contribution is 2.32. The molecule has 0 bridgehead atoms. The molecule has 3 heterocycles. The van der Waals surface area contributed by atoms with E-state index in [1.807, 2.05) is 17.0 Å². The van der Waals surface area contributed by atoms with E-state index in [2.05, 4.69) is 10.3 Å². The maximum absolute atomic E-state index is 12.5. The van der Waals surface area contributed by atoms with Crippen LogP contribution in [0.4, 0.5) is 4.79 Å². The number of amides is 2. The highest BCUT2D eigenvalue weighted by Gasteiger charge is 2.42. The van der Waals surface area contributed by atoms with Crippen LogP contribution in [0, 0.1) is 5.92 Å². The Morgan fingerprint density at radius 1 is 1.28 bits per heavy atom. The van der Waals surface area contributed by atoms with Crippen molar-refractivity contribution in [3.63, 3.8) is 0 Å². The van der Waals surface area contributed by atoms with Gasteiger partial charge in [0, 0.05) is 32.1 Å². The van der Waals surface area contributed by atoms with Crippen molar-refractivity contribution in [3.05, 3.63) is 30.1 Å². The van der Waals surface area contributed by atoms with Crippen molar-refractivity contribution in [1.82, 2.24) is 15.2 Å². The number of likely N-dealkylation sites (tertiary alicyclic amines) is 1. The van der Waals surface area contributed by atoms with Crippen molar-refractivity contribution < 1.29 is 14.3 Å². The average Bonchev–Trinajstić information content (AvgIpc) is 3.37. The van der Waals surface area contributed by atoms with Crippen LogP contribution in [-0.4, -0.2) is 53.9 Å². The molecule has 0 radical (unpaired) electrons. The lowest BCUT2D eigenvalue weighted by Gasteiger charge is -2.35. The van der Waals surface area contributed by atoms with Crippen LogP contribution in [0.3, 0.4) is 0 Å². The smallest absolute Gasteiger partial charge is 0.318 e. The summed E-state index contributed by atoms with van der Waals surface area (Å²) in [6.07, 6.45) is 9.40. The number of hydrogen-bond donors (Lipinski definition) is 1. The van der Waals surface area contributed by atoms with Crippen molar-refractivity contribution in [2.75, 3.05) is 19.8 Å². The topological polar surface area (TPSA) is 63.7 Å². The van der Waals surface area contributed by atoms with E-state index >= 15 is 0 Å². The van der Waals surface area contributed by atoms with E-state index in [1.54, 1.807) is 12.4 Å². The van der Waals surface area contributed by atoms with Gasteiger partial charge in [0.1, 0.15) is 0 Å². The first kappa shape index (κ1) is 16.8. The summed E-state index contributed by atoms with van der Waals surface area (Å²) >= 11 is 0. The number of rotatable bonds is 6. The Bertz CT molecular complexity index is 579. The molecule has 1 aliphatic carbocycles. The second kappa shape index (κ2) is 7.70. The zero-order valence-corrected chi connectivity index (χ0v) is 14.6. The van der Waals surface area contributed by atoms with Crippen molar-refractivity contribution in [3.8, 4) is 0 Å². The number of carbonyl (C=O) groups excluding carboxylic acids is 1. The molecule has 136 valence electrons. The van der Waals surface area contributed by atoms with Gasteiger partial charge in [-0.3, -0.25) is 4.98 Å². The summed E-state index contributed by atoms with van der Waals surface area (Å²) in [6, 6.07) is 4.06. The fourth-order valence-corrected chi connectivity index (χ4v) is 3.80. The number of aromatic nitrogens is 1. The number of nitrogens with one attached hydrogen (secondary N) is 1. The standard InChI is InChI=1S/C19H27N3O3/c23-19(21-11-15-2-1-8-20-10-15)22-9-7-18-17(22)6-5-16(25-18)13-24-12-14-3-4-14/h1-2,8,10,14,16-18H,3-7,9,11-13H2,(H,21,23)/t16-,17-,18-/m0/s1. The predicted octanol–water partition coefficient (Wildman–Crippen LogP) is 2.34. The lowest BCUT2D eigenvalue weighted by atomic mass is 9.99. The van der Waals surface area contributed by atoms with Crippen LogP contribution in [0.25, 0.3) is 0 Å². The normalized spacial score (nSPS) is 28.6. The van der Waals surface area contributed by atoms with Gasteiger partial charge in [-0.15, -0.1) is 0 Å². The largest absolute Gasteiger partial charge is 0.378 e. The number of urea groups is 1. The van der Waals surface area contributed by atoms with Crippen LogP contribution < -0.4 is 5.32 Å². The summed E-state index contributed by atoms with van der Waals surface area (Å²) in [5.41, 5.74) is 1.01. The number of fused-ring (bicyclic) bond motifs is 1. The predicted molar refractivity (Wildman–Crippen MR) is 93.0 cm³/mol. The Morgan fingerprint density at radius 3 is 3.00 bits per heavy atom. The fourth-order valence-electron chi connectivity index (χ4n) is 3.80. The molecular formula is C19H27N3O3. The highest BCUT2D eigenvalue weighted by atomic mass is 16.5. The van der Waals surface area contributed by atoms with E-state index in [0.717, 1.165) is 43.9 Å². The molecule has 1 aromatic rings. The Balaban J connectivity index is 1.23. The third-order valence-corrected chi connectivity index (χ3v) is 5.42. The third kappa shape index (κ3) is 4.30. The minimum atomic E-state index is 0.00314. The molecule has 0 unspecified atom stereocenters. The number of pyridine rings is 1. The number of nitrogens with zero attached hydrogens (tertiary/aromatic N) is 2. The second-order valence-electron chi connectivity index (χ2n) is 7.42. The molecule has 3 atom stereocenters. The van der Waals surface area contributed by atoms with Crippen LogP contribution in [0.15, 0.2) is 24.5 Å². The van der Waals surface area contributed by atoms with E-state index < -0.39 is 0 Å². The molecule has 2 amide bonds. The van der Waals surface area contributed by atoms with Crippen molar-refractivity contribution in [2.24, 2.45) is 5.92 Å². The summed E-state index contributed by atoms with van der Waals surface area (Å²) in [5.74, 6) is 0.793. The van der Waals surface area contributed by atoms with Crippen LogP contribution in [-0.2, 0) is 16.0 Å². The summed E-state index contributed by atoms with van der Waals surface area (Å²) in [7, 11) is 0. The Hall–Kier alpha value is -1.66. The summed E-state index contributed by atoms with van der Waals surface area (Å²) < 4.78 is 12.0. The summed E-state index contributed by atoms with van der Waals surface area (Å²) in [5, 5.41) is 3.01. The fraction of sp³-hybridized carbons (Fsp3) is 0.684. The molecule has 1 N–H and O–H groups in total. The van der Waals surface area contributed by atoms with Crippen LogP contribution in [0.2, 0.25) is 0 Å². The molecule has 0 spiro atoms. The Kier molecular flexibility index (Phi) is 5.17. The Labute approximate surface area is 148 Å². The molecule has 6 nitrogen and oxygen atoms in total. The minimum Gasteiger partial charge on any atom is -0.378 e. The van der Waals surface area contributed by atoms with Gasteiger partial charge >= 0.3 is 6.03 Å². The van der Waals surface area contributed by atoms with Crippen molar-refractivity contribution >= 4 is 6.03 Å². The molecule has 3 fully saturated rings. The van der Waals surface area contributed by atoms with Crippen LogP contribution in [0.5, 0.6) is 0 Å². The number of hydrogen-bond acceptors (Lipinski definition) is 4. The monoisotopic (exact) mass is 345 g/mol. The van der Waals surface area contributed by atoms with Gasteiger partial charge in [0.15, 0.2) is 0 Å². The van der Waals surface area contributed by atoms with Gasteiger partial charge in [0.2, 0.25) is 0 Å². The van der Waals surface area contributed by atoms with Crippen LogP contribution in [0.1, 0.15) is 37.7 Å². The van der Waals surface area contributed by atoms with E-state index in [4.69, 9.17) is 9.47 Å². The quantitative estimate of drug-likeness (QED) is 0.859. The zero-order chi connectivity index (χ0) is 17.1. The van der Waals surface area contributed by atoms with Gasteiger partial charge < -0.3 is 19.7 Å². The first-order chi connectivity index (χ1) is 12.3. The molecule has 1 aromatic heterocycles. The zero-order valence-electron chi connectivity index (χ0n) is 14.6. The second-order valence-corrected chi connectivity index (χ2v) is 7.42. The molecule has 2 aliphatic heterocycles. The maximum atomic E-state index is 12.5. The van der Waals surface area contributed by atoms with Gasteiger partial charge in [0.05, 0.1) is 24.9 Å². The minimum absolute atomic E-state index is 0.00314. The lowest BCUT2D eigenvalue weighted by Crippen LogP contribution is -2.49. The highest BCUT2D eigenvalue weighted by molar-refractivity contribution is 5.75. The maximum Gasteiger partial charge on any atom is 0.318 e. The van der Waals surface area contributed by atoms with Crippen LogP contribution >= 0.6 is 0 Å². The van der Waals surface area contributed by atoms with Crippen molar-refractivity contribution in [1.29, 1.82) is 0 Å². The molecule has 0 aromatic carbocycles. The lowest BCUT2D eigenvalue weighted by molar-refractivity contribution is -0.0967. The van der Waals surface area contributed by atoms with Crippen molar-refractivity contribution in [2.45, 2.75) is 56.9 Å². The van der Waals surface area contributed by atoms with E-state index in [1.165, 1.54) is 12.8 Å². The van der Waals surface area contributed by atoms with Gasteiger partial charge in [0.25, 0.3) is 0 Å². The molecule has 3 aliphatic rings. The molecule has 6 heteroatoms. The average molecular weight is 345 g/mol. The molecular weight excluding hydrogens is 318 g/mol. The summed E-state index contributed by atoms with van der Waals surface area (Å²) in [4.78, 5) is 18.5. The SMILES string of the molecule is O=C(NCc1cccnc1)N1CC[C@@H]2O[C@H](COCC3CC3)CC[C@@H]21. The van der Waals surface area contributed by atoms with Gasteiger partial charge in [-0.05, 0) is 49.7 Å². The van der Waals surface area contributed by atoms with E-state index in [9.17, 15) is 4.79 Å². The molecule has 2 saturated heterocycles. The first-order valence-electron chi connectivity index (χ1n) is 9.46. The van der Waals surface area contributed by atoms with Gasteiger partial charge in [-0.2, -0.15) is 0 Å². The third-order valence-electron chi connectivity index (χ3n) is 5.42. The summed E-state index contributed by atoms with van der Waals surface area (Å²) in [6.45, 7) is 2.87. The van der Waals surface area contributed by atoms with Gasteiger partial charge in [-0.1, -0.05) is 6.07 Å². The van der Waals surface area contributed by atoms with E-state index in [-0.39, 0.29) is 24.3 Å². The molecule has 4 rings (SSSR count). The van der Waals surface area contributed by atoms with E-state index in [0.29, 0.717) is 13.2 Å². The number of carbonyl (C=O) groups is 1.